The summed E-state index contributed by atoms with van der Waals surface area (Å²) in [5.41, 5.74) is 0. The van der Waals surface area contributed by atoms with Gasteiger partial charge in [0, 0.05) is 19.3 Å². The number of rotatable bonds is 40. The lowest BCUT2D eigenvalue weighted by Crippen LogP contribution is -2.30. The molecular formula is C50H84O6. The summed E-state index contributed by atoms with van der Waals surface area (Å²) in [5.74, 6) is -1.01. The van der Waals surface area contributed by atoms with Crippen molar-refractivity contribution < 1.29 is 28.6 Å². The van der Waals surface area contributed by atoms with Crippen LogP contribution < -0.4 is 0 Å². The highest BCUT2D eigenvalue weighted by molar-refractivity contribution is 5.71. The van der Waals surface area contributed by atoms with E-state index in [4.69, 9.17) is 14.2 Å². The molecule has 320 valence electrons. The molecule has 0 radical (unpaired) electrons. The molecule has 0 heterocycles. The minimum absolute atomic E-state index is 0.110. The van der Waals surface area contributed by atoms with Crippen molar-refractivity contribution in [1.29, 1.82) is 0 Å². The van der Waals surface area contributed by atoms with Crippen molar-refractivity contribution in [3.8, 4) is 0 Å². The molecule has 1 atom stereocenters. The molecule has 1 unspecified atom stereocenters. The van der Waals surface area contributed by atoms with Gasteiger partial charge in [0.2, 0.25) is 0 Å². The van der Waals surface area contributed by atoms with Crippen LogP contribution in [0.1, 0.15) is 207 Å². The average molecular weight is 781 g/mol. The summed E-state index contributed by atoms with van der Waals surface area (Å²) >= 11 is 0. The summed E-state index contributed by atoms with van der Waals surface area (Å²) in [6, 6.07) is 0. The molecule has 0 aromatic heterocycles. The van der Waals surface area contributed by atoms with Crippen molar-refractivity contribution in [1.82, 2.24) is 0 Å². The lowest BCUT2D eigenvalue weighted by molar-refractivity contribution is -0.166. The van der Waals surface area contributed by atoms with Gasteiger partial charge in [0.25, 0.3) is 0 Å². The van der Waals surface area contributed by atoms with Crippen LogP contribution >= 0.6 is 0 Å². The molecule has 0 amide bonds. The van der Waals surface area contributed by atoms with Gasteiger partial charge in [-0.2, -0.15) is 0 Å². The molecule has 0 bridgehead atoms. The van der Waals surface area contributed by atoms with Crippen molar-refractivity contribution >= 4 is 17.9 Å². The molecule has 56 heavy (non-hydrogen) atoms. The molecule has 6 heteroatoms. The van der Waals surface area contributed by atoms with Crippen molar-refractivity contribution in [3.05, 3.63) is 72.9 Å². The van der Waals surface area contributed by atoms with Crippen molar-refractivity contribution in [2.45, 2.75) is 213 Å². The van der Waals surface area contributed by atoms with Crippen LogP contribution in [0.3, 0.4) is 0 Å². The van der Waals surface area contributed by atoms with E-state index in [1.54, 1.807) is 0 Å². The quantitative estimate of drug-likeness (QED) is 0.0203. The predicted molar refractivity (Wildman–Crippen MR) is 238 cm³/mol. The second-order valence-electron chi connectivity index (χ2n) is 15.0. The first kappa shape index (κ1) is 52.9. The number of allylic oxidation sites excluding steroid dienone is 12. The Morgan fingerprint density at radius 3 is 1.34 bits per heavy atom. The summed E-state index contributed by atoms with van der Waals surface area (Å²) in [4.78, 5) is 37.7. The third-order valence-corrected chi connectivity index (χ3v) is 9.49. The molecule has 0 aromatic carbocycles. The molecule has 0 aliphatic rings. The Labute approximate surface area is 344 Å². The van der Waals surface area contributed by atoms with Gasteiger partial charge in [-0.15, -0.1) is 0 Å². The summed E-state index contributed by atoms with van der Waals surface area (Å²) in [5, 5.41) is 0. The van der Waals surface area contributed by atoms with Crippen LogP contribution in [-0.4, -0.2) is 37.2 Å². The summed E-state index contributed by atoms with van der Waals surface area (Å²) in [6.45, 7) is 6.37. The smallest absolute Gasteiger partial charge is 0.306 e. The van der Waals surface area contributed by atoms with Gasteiger partial charge in [-0.3, -0.25) is 14.4 Å². The van der Waals surface area contributed by atoms with Gasteiger partial charge in [0.15, 0.2) is 6.10 Å². The second kappa shape index (κ2) is 44.6. The number of esters is 3. The summed E-state index contributed by atoms with van der Waals surface area (Å²) in [6.07, 6.45) is 54.6. The van der Waals surface area contributed by atoms with E-state index in [2.05, 4.69) is 81.5 Å². The minimum Gasteiger partial charge on any atom is -0.462 e. The maximum atomic E-state index is 12.7. The first-order chi connectivity index (χ1) is 27.5. The van der Waals surface area contributed by atoms with Crippen LogP contribution in [0, 0.1) is 0 Å². The Hall–Kier alpha value is -3.15. The molecule has 0 aromatic rings. The van der Waals surface area contributed by atoms with Gasteiger partial charge in [-0.05, 0) is 83.5 Å². The van der Waals surface area contributed by atoms with Crippen molar-refractivity contribution in [2.75, 3.05) is 13.2 Å². The average Bonchev–Trinajstić information content (AvgIpc) is 3.19. The van der Waals surface area contributed by atoms with Crippen molar-refractivity contribution in [2.24, 2.45) is 0 Å². The third kappa shape index (κ3) is 42.0. The van der Waals surface area contributed by atoms with Crippen LogP contribution in [0.25, 0.3) is 0 Å². The van der Waals surface area contributed by atoms with E-state index < -0.39 is 6.10 Å². The fourth-order valence-corrected chi connectivity index (χ4v) is 6.02. The van der Waals surface area contributed by atoms with Gasteiger partial charge in [-0.25, -0.2) is 0 Å². The van der Waals surface area contributed by atoms with Gasteiger partial charge in [0.1, 0.15) is 13.2 Å². The molecule has 0 aliphatic carbocycles. The van der Waals surface area contributed by atoms with E-state index in [9.17, 15) is 14.4 Å². The van der Waals surface area contributed by atoms with E-state index in [1.807, 2.05) is 12.2 Å². The van der Waals surface area contributed by atoms with Crippen LogP contribution in [0.4, 0.5) is 0 Å². The first-order valence-electron chi connectivity index (χ1n) is 23.0. The predicted octanol–water partition coefficient (Wildman–Crippen LogP) is 14.7. The molecule has 0 saturated carbocycles. The van der Waals surface area contributed by atoms with E-state index in [-0.39, 0.29) is 37.5 Å². The Balaban J connectivity index is 4.51. The molecule has 0 N–H and O–H groups in total. The Kier molecular flexibility index (Phi) is 42.1. The van der Waals surface area contributed by atoms with Gasteiger partial charge in [0.05, 0.1) is 0 Å². The topological polar surface area (TPSA) is 78.9 Å². The summed E-state index contributed by atoms with van der Waals surface area (Å²) in [7, 11) is 0. The SMILES string of the molecule is CC\C=C/C=C\C=C/CCCCCCCC(=O)OCC(COC(=O)CCCCCCC/C=C\CCCCC)OC(=O)CC/C=C\C/C=C\CCCCCCCC. The van der Waals surface area contributed by atoms with E-state index in [0.717, 1.165) is 89.9 Å². The highest BCUT2D eigenvalue weighted by Gasteiger charge is 2.19. The molecular weight excluding hydrogens is 697 g/mol. The fourth-order valence-electron chi connectivity index (χ4n) is 6.02. The lowest BCUT2D eigenvalue weighted by atomic mass is 10.1. The number of hydrogen-bond donors (Lipinski definition) is 0. The number of ether oxygens (including phenoxy) is 3. The summed E-state index contributed by atoms with van der Waals surface area (Å²) < 4.78 is 16.6. The normalized spacial score (nSPS) is 12.7. The molecule has 0 fully saturated rings. The van der Waals surface area contributed by atoms with Gasteiger partial charge in [-0.1, -0.05) is 177 Å². The zero-order valence-electron chi connectivity index (χ0n) is 36.4. The maximum Gasteiger partial charge on any atom is 0.306 e. The molecule has 0 saturated heterocycles. The maximum absolute atomic E-state index is 12.7. The van der Waals surface area contributed by atoms with Crippen LogP contribution in [0.15, 0.2) is 72.9 Å². The number of carbonyl (C=O) groups is 3. The largest absolute Gasteiger partial charge is 0.462 e. The van der Waals surface area contributed by atoms with Gasteiger partial charge >= 0.3 is 17.9 Å². The minimum atomic E-state index is -0.815. The number of unbranched alkanes of at least 4 members (excludes halogenated alkanes) is 19. The number of hydrogen-bond acceptors (Lipinski definition) is 6. The first-order valence-corrected chi connectivity index (χ1v) is 23.0. The standard InChI is InChI=1S/C50H84O6/c1-4-7-10-13-16-19-22-25-28-31-34-37-40-43-49(52)55-46-47(45-54-48(51)42-39-36-33-30-27-24-21-18-15-12-9-6-3)56-50(53)44-41-38-35-32-29-26-23-20-17-14-11-8-5-2/h7,10,13,16,18-19,21-22,26,29,35,38,47H,4-6,8-9,11-12,14-15,17,20,23-25,27-28,30-34,36-37,39-46H2,1-3H3/b10-7-,16-13-,21-18-,22-19-,29-26-,38-35-. The van der Waals surface area contributed by atoms with Crippen molar-refractivity contribution in [3.63, 3.8) is 0 Å². The molecule has 0 aliphatic heterocycles. The lowest BCUT2D eigenvalue weighted by Gasteiger charge is -2.18. The fraction of sp³-hybridized carbons (Fsp3) is 0.700. The zero-order valence-corrected chi connectivity index (χ0v) is 36.4. The van der Waals surface area contributed by atoms with Crippen LogP contribution in [0.5, 0.6) is 0 Å². The Morgan fingerprint density at radius 1 is 0.393 bits per heavy atom. The van der Waals surface area contributed by atoms with Crippen LogP contribution in [-0.2, 0) is 28.6 Å². The Morgan fingerprint density at radius 2 is 0.804 bits per heavy atom. The molecule has 6 nitrogen and oxygen atoms in total. The zero-order chi connectivity index (χ0) is 40.8. The van der Waals surface area contributed by atoms with E-state index >= 15 is 0 Å². The third-order valence-electron chi connectivity index (χ3n) is 9.49. The van der Waals surface area contributed by atoms with Gasteiger partial charge < -0.3 is 14.2 Å². The van der Waals surface area contributed by atoms with E-state index in [1.165, 1.54) is 70.6 Å². The second-order valence-corrected chi connectivity index (χ2v) is 15.0. The highest BCUT2D eigenvalue weighted by Crippen LogP contribution is 2.12. The molecule has 0 spiro atoms. The highest BCUT2D eigenvalue weighted by atomic mass is 16.6. The molecule has 0 rings (SSSR count). The Bertz CT molecular complexity index is 1080. The van der Waals surface area contributed by atoms with E-state index in [0.29, 0.717) is 19.3 Å². The number of carbonyl (C=O) groups excluding carboxylic acids is 3. The van der Waals surface area contributed by atoms with Crippen LogP contribution in [0.2, 0.25) is 0 Å². The monoisotopic (exact) mass is 781 g/mol.